The number of halogens is 1. The van der Waals surface area contributed by atoms with Crippen molar-refractivity contribution in [1.29, 1.82) is 0 Å². The number of hydrogen-bond acceptors (Lipinski definition) is 9. The van der Waals surface area contributed by atoms with Gasteiger partial charge in [0, 0.05) is 36.6 Å². The third kappa shape index (κ3) is 6.34. The molecule has 1 aliphatic rings. The summed E-state index contributed by atoms with van der Waals surface area (Å²) in [5.74, 6) is 5.32. The summed E-state index contributed by atoms with van der Waals surface area (Å²) in [4.78, 5) is 19.1. The number of hydrogen-bond donors (Lipinski definition) is 4. The number of carbonyl (C=O) groups is 1. The van der Waals surface area contributed by atoms with E-state index in [9.17, 15) is 9.18 Å². The topological polar surface area (TPSA) is 156 Å². The van der Waals surface area contributed by atoms with Crippen molar-refractivity contribution in [2.45, 2.75) is 12.8 Å². The molecule has 0 atom stereocenters. The summed E-state index contributed by atoms with van der Waals surface area (Å²) in [5, 5.41) is 17.1. The van der Waals surface area contributed by atoms with Crippen molar-refractivity contribution in [3.63, 3.8) is 0 Å². The third-order valence-electron chi connectivity index (χ3n) is 5.52. The van der Waals surface area contributed by atoms with E-state index >= 15 is 0 Å². The molecule has 0 unspecified atom stereocenters. The number of para-hydroxylation sites is 1. The number of nitrogens with two attached hydrogens (primary N) is 2. The molecule has 4 rings (SSSR count). The minimum absolute atomic E-state index is 0.0238. The quantitative estimate of drug-likeness (QED) is 0.184. The highest BCUT2D eigenvalue weighted by atomic mass is 19.1. The van der Waals surface area contributed by atoms with Gasteiger partial charge in [0.05, 0.1) is 17.8 Å². The molecule has 2 aromatic heterocycles. The van der Waals surface area contributed by atoms with Gasteiger partial charge >= 0.3 is 5.97 Å². The van der Waals surface area contributed by atoms with Gasteiger partial charge in [-0.2, -0.15) is 4.98 Å². The molecule has 1 aromatic carbocycles. The molecule has 0 amide bonds. The number of carboxylic acids is 1. The van der Waals surface area contributed by atoms with E-state index in [1.165, 1.54) is 12.1 Å². The maximum Gasteiger partial charge on any atom is 0.304 e. The van der Waals surface area contributed by atoms with Crippen LogP contribution in [0, 0.1) is 5.82 Å². The second-order valence-electron chi connectivity index (χ2n) is 8.07. The Kier molecular flexibility index (Phi) is 8.18. The van der Waals surface area contributed by atoms with Crippen LogP contribution in [-0.2, 0) is 4.79 Å². The Morgan fingerprint density at radius 3 is 2.70 bits per heavy atom. The average Bonchev–Trinajstić information content (AvgIpc) is 3.27. The molecule has 10 nitrogen and oxygen atoms in total. The number of nitrogens with zero attached hydrogens (tertiary/aromatic N) is 4. The number of carboxylic acid groups (broad SMARTS) is 1. The molecule has 0 fully saturated rings. The van der Waals surface area contributed by atoms with E-state index in [-0.39, 0.29) is 29.4 Å². The van der Waals surface area contributed by atoms with Crippen LogP contribution in [0.4, 0.5) is 10.1 Å². The summed E-state index contributed by atoms with van der Waals surface area (Å²) in [7, 11) is 0. The first-order chi connectivity index (χ1) is 17.9. The lowest BCUT2D eigenvalue weighted by molar-refractivity contribution is -0.136. The number of aliphatic carboxylic acids is 1. The minimum atomic E-state index is -0.846. The number of pyridine rings is 1. The molecule has 0 aliphatic heterocycles. The molecule has 0 saturated heterocycles. The Hall–Kier alpha value is -4.61. The number of aromatic nitrogens is 3. The molecule has 37 heavy (non-hydrogen) atoms. The van der Waals surface area contributed by atoms with E-state index < -0.39 is 11.8 Å². The minimum Gasteiger partial charge on any atom is -0.481 e. The Labute approximate surface area is 212 Å². The van der Waals surface area contributed by atoms with Crippen LogP contribution in [0.3, 0.4) is 0 Å². The van der Waals surface area contributed by atoms with Gasteiger partial charge in [-0.1, -0.05) is 41.6 Å². The second-order valence-corrected chi connectivity index (χ2v) is 8.07. The smallest absolute Gasteiger partial charge is 0.304 e. The van der Waals surface area contributed by atoms with Gasteiger partial charge in [-0.3, -0.25) is 14.8 Å². The normalized spacial score (nSPS) is 13.9. The number of rotatable bonds is 10. The third-order valence-corrected chi connectivity index (χ3v) is 5.52. The lowest BCUT2D eigenvalue weighted by Crippen LogP contribution is -2.32. The largest absolute Gasteiger partial charge is 0.481 e. The zero-order chi connectivity index (χ0) is 26.2. The summed E-state index contributed by atoms with van der Waals surface area (Å²) in [6.45, 7) is 0.918. The first-order valence-electron chi connectivity index (χ1n) is 11.5. The number of hydrazine groups is 1. The van der Waals surface area contributed by atoms with Crippen LogP contribution in [-0.4, -0.2) is 39.3 Å². The van der Waals surface area contributed by atoms with Crippen LogP contribution >= 0.6 is 0 Å². The van der Waals surface area contributed by atoms with Crippen molar-refractivity contribution in [3.05, 3.63) is 102 Å². The predicted octanol–water partition coefficient (Wildman–Crippen LogP) is 3.10. The maximum atomic E-state index is 14.5. The standard InChI is InChI=1S/C26H26FN7O3/c27-20-6-1-2-7-21(20)34(29)24(18-10-13-30-14-11-18)23(28)26-32-25(33-37-26)19-5-3-4-17(8-9-19)16-31-15-12-22(35)36/h1-2,4-11,13-14,31H,3,12,15-16,28-29H2,(H,35,36)/b24-23-. The Balaban J connectivity index is 1.59. The molecule has 190 valence electrons. The van der Waals surface area contributed by atoms with E-state index in [1.807, 2.05) is 24.3 Å². The lowest BCUT2D eigenvalue weighted by Gasteiger charge is -2.23. The van der Waals surface area contributed by atoms with E-state index in [2.05, 4.69) is 20.4 Å². The van der Waals surface area contributed by atoms with Crippen LogP contribution in [0.2, 0.25) is 0 Å². The Morgan fingerprint density at radius 1 is 1.16 bits per heavy atom. The van der Waals surface area contributed by atoms with Crippen molar-refractivity contribution in [2.75, 3.05) is 18.1 Å². The fourth-order valence-electron chi connectivity index (χ4n) is 3.65. The van der Waals surface area contributed by atoms with Crippen LogP contribution < -0.4 is 21.9 Å². The molecule has 0 radical (unpaired) electrons. The molecule has 1 aliphatic carbocycles. The number of anilines is 1. The van der Waals surface area contributed by atoms with E-state index in [0.717, 1.165) is 16.2 Å². The Bertz CT molecular complexity index is 1380. The van der Waals surface area contributed by atoms with Gasteiger partial charge in [0.15, 0.2) is 0 Å². The highest BCUT2D eigenvalue weighted by Crippen LogP contribution is 2.30. The summed E-state index contributed by atoms with van der Waals surface area (Å²) in [6, 6.07) is 9.44. The van der Waals surface area contributed by atoms with Gasteiger partial charge in [0.1, 0.15) is 11.5 Å². The van der Waals surface area contributed by atoms with Gasteiger partial charge < -0.3 is 20.7 Å². The predicted molar refractivity (Wildman–Crippen MR) is 138 cm³/mol. The zero-order valence-corrected chi connectivity index (χ0v) is 19.8. The first-order valence-corrected chi connectivity index (χ1v) is 11.5. The monoisotopic (exact) mass is 503 g/mol. The average molecular weight is 504 g/mol. The molecular weight excluding hydrogens is 477 g/mol. The van der Waals surface area contributed by atoms with Gasteiger partial charge in [0.25, 0.3) is 5.89 Å². The Morgan fingerprint density at radius 2 is 1.95 bits per heavy atom. The molecular formula is C26H26FN7O3. The van der Waals surface area contributed by atoms with Gasteiger partial charge in [-0.05, 0) is 36.3 Å². The summed E-state index contributed by atoms with van der Waals surface area (Å²) in [6.07, 6.45) is 11.5. The first kappa shape index (κ1) is 25.5. The van der Waals surface area contributed by atoms with Gasteiger partial charge in [0.2, 0.25) is 5.82 Å². The van der Waals surface area contributed by atoms with Gasteiger partial charge in [-0.15, -0.1) is 0 Å². The molecule has 0 saturated carbocycles. The van der Waals surface area contributed by atoms with Crippen molar-refractivity contribution in [3.8, 4) is 0 Å². The summed E-state index contributed by atoms with van der Waals surface area (Å²) >= 11 is 0. The van der Waals surface area contributed by atoms with Crippen LogP contribution in [0.15, 0.2) is 83.2 Å². The fraction of sp³-hybridized carbons (Fsp3) is 0.154. The van der Waals surface area contributed by atoms with Crippen LogP contribution in [0.1, 0.15) is 30.1 Å². The van der Waals surface area contributed by atoms with E-state index in [1.54, 1.807) is 36.7 Å². The van der Waals surface area contributed by atoms with E-state index in [0.29, 0.717) is 30.9 Å². The number of nitrogens with one attached hydrogen (secondary N) is 1. The molecule has 11 heteroatoms. The van der Waals surface area contributed by atoms with Crippen molar-refractivity contribution < 1.29 is 18.8 Å². The van der Waals surface area contributed by atoms with Crippen molar-refractivity contribution in [2.24, 2.45) is 11.6 Å². The van der Waals surface area contributed by atoms with Crippen molar-refractivity contribution in [1.82, 2.24) is 20.4 Å². The molecule has 0 spiro atoms. The molecule has 2 heterocycles. The lowest BCUT2D eigenvalue weighted by atomic mass is 10.1. The van der Waals surface area contributed by atoms with Gasteiger partial charge in [-0.25, -0.2) is 10.2 Å². The molecule has 0 bridgehead atoms. The molecule has 3 aromatic rings. The second kappa shape index (κ2) is 11.9. The summed E-state index contributed by atoms with van der Waals surface area (Å²) in [5.41, 5.74) is 9.22. The fourth-order valence-corrected chi connectivity index (χ4v) is 3.65. The van der Waals surface area contributed by atoms with E-state index in [4.69, 9.17) is 21.2 Å². The number of allylic oxidation sites excluding steroid dienone is 4. The zero-order valence-electron chi connectivity index (χ0n) is 19.8. The highest BCUT2D eigenvalue weighted by molar-refractivity contribution is 5.93. The molecule has 6 N–H and O–H groups in total. The SMILES string of the molecule is N/C(=C(/c1ccncc1)N(N)c1ccccc1F)c1nc(C2=CCC=C(CNCCC(=O)O)C=C2)no1. The number of benzene rings is 1. The van der Waals surface area contributed by atoms with Crippen LogP contribution in [0.25, 0.3) is 17.0 Å². The van der Waals surface area contributed by atoms with Crippen LogP contribution in [0.5, 0.6) is 0 Å². The summed E-state index contributed by atoms with van der Waals surface area (Å²) < 4.78 is 20.0. The maximum absolute atomic E-state index is 14.5. The highest BCUT2D eigenvalue weighted by Gasteiger charge is 2.22. The van der Waals surface area contributed by atoms with Crippen molar-refractivity contribution >= 4 is 28.6 Å².